The van der Waals surface area contributed by atoms with Crippen LogP contribution in [0.5, 0.6) is 0 Å². The zero-order valence-corrected chi connectivity index (χ0v) is 33.3. The predicted octanol–water partition coefficient (Wildman–Crippen LogP) is 14.8. The standard InChI is InChI=1S/C59H38N2/c1-3-16-39(17-4-1)40-32-34-41(35-33-40)55-38-56(61-58(60-55)42-18-5-2-6-19-42)46-23-14-21-44(37-46)43-20-13-22-45(36-43)47-27-15-31-54-57(47)50-26-9-12-30-53(50)59(54)51-28-10-7-24-48(51)49-25-8-11-29-52(49)59/h1-38H. The van der Waals surface area contributed by atoms with Crippen molar-refractivity contribution in [2.45, 2.75) is 5.41 Å². The highest BCUT2D eigenvalue weighted by atomic mass is 14.9. The van der Waals surface area contributed by atoms with E-state index >= 15 is 0 Å². The lowest BCUT2D eigenvalue weighted by Crippen LogP contribution is -2.25. The number of fused-ring (bicyclic) bond motifs is 10. The minimum absolute atomic E-state index is 0.375. The smallest absolute Gasteiger partial charge is 0.160 e. The first kappa shape index (κ1) is 35.0. The largest absolute Gasteiger partial charge is 0.228 e. The number of nitrogens with zero attached hydrogens (tertiary/aromatic N) is 2. The van der Waals surface area contributed by atoms with Crippen molar-refractivity contribution in [3.63, 3.8) is 0 Å². The predicted molar refractivity (Wildman–Crippen MR) is 251 cm³/mol. The Morgan fingerprint density at radius 3 is 1.31 bits per heavy atom. The lowest BCUT2D eigenvalue weighted by Gasteiger charge is -2.30. The third kappa shape index (κ3) is 5.57. The van der Waals surface area contributed by atoms with Gasteiger partial charge in [0.05, 0.1) is 16.8 Å². The van der Waals surface area contributed by atoms with Gasteiger partial charge in [-0.15, -0.1) is 0 Å². The van der Waals surface area contributed by atoms with Gasteiger partial charge in [0.2, 0.25) is 0 Å². The molecule has 0 N–H and O–H groups in total. The summed E-state index contributed by atoms with van der Waals surface area (Å²) in [7, 11) is 0. The average molecular weight is 775 g/mol. The quantitative estimate of drug-likeness (QED) is 0.168. The van der Waals surface area contributed by atoms with Crippen LogP contribution in [0, 0.1) is 0 Å². The van der Waals surface area contributed by atoms with Gasteiger partial charge in [-0.25, -0.2) is 9.97 Å². The number of hydrogen-bond donors (Lipinski definition) is 0. The summed E-state index contributed by atoms with van der Waals surface area (Å²) in [6.45, 7) is 0. The second-order valence-electron chi connectivity index (χ2n) is 16.0. The van der Waals surface area contributed by atoms with E-state index in [1.165, 1.54) is 66.8 Å². The maximum atomic E-state index is 5.18. The van der Waals surface area contributed by atoms with Crippen molar-refractivity contribution in [3.8, 4) is 89.5 Å². The van der Waals surface area contributed by atoms with Crippen LogP contribution in [0.2, 0.25) is 0 Å². The van der Waals surface area contributed by atoms with E-state index in [2.05, 4.69) is 206 Å². The molecule has 0 atom stereocenters. The van der Waals surface area contributed by atoms with E-state index in [0.29, 0.717) is 5.82 Å². The maximum Gasteiger partial charge on any atom is 0.160 e. The zero-order valence-electron chi connectivity index (χ0n) is 33.3. The Hall–Kier alpha value is -7.94. The van der Waals surface area contributed by atoms with Crippen LogP contribution in [-0.2, 0) is 5.41 Å². The lowest BCUT2D eigenvalue weighted by molar-refractivity contribution is 0.794. The molecular weight excluding hydrogens is 737 g/mol. The van der Waals surface area contributed by atoms with Crippen molar-refractivity contribution in [2.24, 2.45) is 0 Å². The number of hydrogen-bond acceptors (Lipinski definition) is 2. The number of benzene rings is 9. The van der Waals surface area contributed by atoms with E-state index in [1.807, 2.05) is 24.3 Å². The zero-order chi connectivity index (χ0) is 40.3. The molecule has 0 saturated carbocycles. The summed E-state index contributed by atoms with van der Waals surface area (Å²) in [5.74, 6) is 0.705. The average Bonchev–Trinajstić information content (AvgIpc) is 3.82. The SMILES string of the molecule is c1ccc(-c2ccc(-c3cc(-c4cccc(-c5cccc(-c6cccc7c6-c6ccccc6C76c7ccccc7-c7ccccc76)c5)c4)nc(-c4ccccc4)n3)cc2)cc1. The molecule has 12 rings (SSSR count). The van der Waals surface area contributed by atoms with Crippen molar-refractivity contribution in [1.29, 1.82) is 0 Å². The Morgan fingerprint density at radius 2 is 0.656 bits per heavy atom. The van der Waals surface area contributed by atoms with Crippen LogP contribution < -0.4 is 0 Å². The highest BCUT2D eigenvalue weighted by Gasteiger charge is 2.51. The molecule has 0 bridgehead atoms. The van der Waals surface area contributed by atoms with E-state index in [1.54, 1.807) is 0 Å². The molecule has 2 nitrogen and oxygen atoms in total. The fraction of sp³-hybridized carbons (Fsp3) is 0.0169. The van der Waals surface area contributed by atoms with Gasteiger partial charge >= 0.3 is 0 Å². The fourth-order valence-electron chi connectivity index (χ4n) is 10.0. The van der Waals surface area contributed by atoms with Crippen molar-refractivity contribution in [2.75, 3.05) is 0 Å². The van der Waals surface area contributed by atoms with Crippen LogP contribution in [0.3, 0.4) is 0 Å². The van der Waals surface area contributed by atoms with Gasteiger partial charge in [-0.2, -0.15) is 0 Å². The minimum atomic E-state index is -0.375. The van der Waals surface area contributed by atoms with E-state index in [0.717, 1.165) is 39.2 Å². The molecule has 2 aliphatic carbocycles. The van der Waals surface area contributed by atoms with Gasteiger partial charge in [0.15, 0.2) is 5.82 Å². The minimum Gasteiger partial charge on any atom is -0.228 e. The molecule has 9 aromatic carbocycles. The van der Waals surface area contributed by atoms with Gasteiger partial charge in [-0.1, -0.05) is 212 Å². The molecule has 2 aliphatic rings. The summed E-state index contributed by atoms with van der Waals surface area (Å²) < 4.78 is 0. The third-order valence-electron chi connectivity index (χ3n) is 12.7. The van der Waals surface area contributed by atoms with Crippen molar-refractivity contribution in [3.05, 3.63) is 253 Å². The third-order valence-corrected chi connectivity index (χ3v) is 12.7. The Balaban J connectivity index is 0.962. The molecule has 0 amide bonds. The fourth-order valence-corrected chi connectivity index (χ4v) is 10.0. The summed E-state index contributed by atoms with van der Waals surface area (Å²) in [6, 6.07) is 83.3. The molecule has 61 heavy (non-hydrogen) atoms. The van der Waals surface area contributed by atoms with Gasteiger partial charge in [0.1, 0.15) is 0 Å². The van der Waals surface area contributed by atoms with E-state index in [9.17, 15) is 0 Å². The maximum absolute atomic E-state index is 5.18. The van der Waals surface area contributed by atoms with E-state index in [4.69, 9.17) is 9.97 Å². The number of aromatic nitrogens is 2. The topological polar surface area (TPSA) is 25.8 Å². The van der Waals surface area contributed by atoms with Gasteiger partial charge in [-0.3, -0.25) is 0 Å². The lowest BCUT2D eigenvalue weighted by atomic mass is 9.70. The van der Waals surface area contributed by atoms with E-state index < -0.39 is 0 Å². The molecule has 0 aliphatic heterocycles. The Bertz CT molecular complexity index is 3250. The van der Waals surface area contributed by atoms with Crippen molar-refractivity contribution < 1.29 is 0 Å². The molecule has 0 saturated heterocycles. The monoisotopic (exact) mass is 774 g/mol. The molecule has 1 heterocycles. The summed E-state index contributed by atoms with van der Waals surface area (Å²) in [6.07, 6.45) is 0. The van der Waals surface area contributed by atoms with Crippen molar-refractivity contribution in [1.82, 2.24) is 9.97 Å². The summed E-state index contributed by atoms with van der Waals surface area (Å²) in [5.41, 5.74) is 22.2. The number of rotatable bonds is 6. The van der Waals surface area contributed by atoms with E-state index in [-0.39, 0.29) is 5.41 Å². The normalized spacial score (nSPS) is 12.7. The molecule has 0 unspecified atom stereocenters. The van der Waals surface area contributed by atoms with Crippen LogP contribution in [0.4, 0.5) is 0 Å². The van der Waals surface area contributed by atoms with Crippen LogP contribution in [0.25, 0.3) is 89.5 Å². The molecule has 2 heteroatoms. The molecule has 284 valence electrons. The molecule has 1 aromatic heterocycles. The Morgan fingerprint density at radius 1 is 0.246 bits per heavy atom. The molecule has 10 aromatic rings. The molecule has 1 spiro atoms. The second-order valence-corrected chi connectivity index (χ2v) is 16.0. The summed E-state index contributed by atoms with van der Waals surface area (Å²) in [4.78, 5) is 10.3. The second kappa shape index (κ2) is 14.1. The highest BCUT2D eigenvalue weighted by molar-refractivity contribution is 6.00. The molecule has 0 radical (unpaired) electrons. The first-order valence-electron chi connectivity index (χ1n) is 21.0. The van der Waals surface area contributed by atoms with Crippen LogP contribution in [-0.4, -0.2) is 9.97 Å². The van der Waals surface area contributed by atoms with Crippen LogP contribution in [0.1, 0.15) is 22.3 Å². The molecular formula is C59H38N2. The van der Waals surface area contributed by atoms with Gasteiger partial charge in [-0.05, 0) is 96.1 Å². The first-order chi connectivity index (χ1) is 30.2. The summed E-state index contributed by atoms with van der Waals surface area (Å²) >= 11 is 0. The Labute approximate surface area is 356 Å². The van der Waals surface area contributed by atoms with Gasteiger partial charge in [0, 0.05) is 16.7 Å². The highest BCUT2D eigenvalue weighted by Crippen LogP contribution is 2.64. The Kier molecular flexibility index (Phi) is 8.11. The molecule has 0 fully saturated rings. The van der Waals surface area contributed by atoms with Gasteiger partial charge in [0.25, 0.3) is 0 Å². The van der Waals surface area contributed by atoms with Crippen LogP contribution >= 0.6 is 0 Å². The van der Waals surface area contributed by atoms with Crippen molar-refractivity contribution >= 4 is 0 Å². The van der Waals surface area contributed by atoms with Crippen LogP contribution in [0.15, 0.2) is 231 Å². The van der Waals surface area contributed by atoms with Gasteiger partial charge < -0.3 is 0 Å². The first-order valence-corrected chi connectivity index (χ1v) is 21.0. The summed E-state index contributed by atoms with van der Waals surface area (Å²) in [5, 5.41) is 0.